The molecule has 4 heteroatoms. The first-order valence-corrected chi connectivity index (χ1v) is 4.81. The highest BCUT2D eigenvalue weighted by Crippen LogP contribution is 2.27. The third-order valence-electron chi connectivity index (χ3n) is 2.27. The molecule has 0 aromatic carbocycles. The fourth-order valence-electron chi connectivity index (χ4n) is 1.39. The lowest BCUT2D eigenvalue weighted by Gasteiger charge is -2.23. The van der Waals surface area contributed by atoms with Crippen LogP contribution in [0.25, 0.3) is 0 Å². The lowest BCUT2D eigenvalue weighted by atomic mass is 10.2. The zero-order valence-corrected chi connectivity index (χ0v) is 8.15. The molecule has 1 fully saturated rings. The van der Waals surface area contributed by atoms with Crippen LogP contribution in [0.5, 0.6) is 0 Å². The van der Waals surface area contributed by atoms with Crippen molar-refractivity contribution in [3.05, 3.63) is 0 Å². The highest BCUT2D eigenvalue weighted by molar-refractivity contribution is 5.82. The molecule has 0 heterocycles. The molecule has 3 N–H and O–H groups in total. The van der Waals surface area contributed by atoms with Gasteiger partial charge in [-0.3, -0.25) is 4.79 Å². The van der Waals surface area contributed by atoms with Crippen molar-refractivity contribution in [2.75, 3.05) is 13.2 Å². The van der Waals surface area contributed by atoms with E-state index in [1.165, 1.54) is 0 Å². The van der Waals surface area contributed by atoms with Crippen molar-refractivity contribution in [1.29, 1.82) is 0 Å². The van der Waals surface area contributed by atoms with Crippen molar-refractivity contribution in [2.24, 2.45) is 5.73 Å². The van der Waals surface area contributed by atoms with Crippen molar-refractivity contribution >= 4 is 5.91 Å². The van der Waals surface area contributed by atoms with E-state index >= 15 is 0 Å². The number of carbonyl (C=O) groups is 1. The van der Waals surface area contributed by atoms with E-state index in [0.29, 0.717) is 6.54 Å². The van der Waals surface area contributed by atoms with Gasteiger partial charge < -0.3 is 15.7 Å². The van der Waals surface area contributed by atoms with Crippen molar-refractivity contribution < 1.29 is 9.90 Å². The molecule has 0 bridgehead atoms. The Bertz CT molecular complexity index is 243. The van der Waals surface area contributed by atoms with Gasteiger partial charge in [-0.15, -0.1) is 12.3 Å². The highest BCUT2D eigenvalue weighted by atomic mass is 16.3. The molecule has 1 unspecified atom stereocenters. The van der Waals surface area contributed by atoms with Crippen molar-refractivity contribution in [1.82, 2.24) is 4.90 Å². The Morgan fingerprint density at radius 2 is 2.36 bits per heavy atom. The van der Waals surface area contributed by atoms with Gasteiger partial charge in [0.25, 0.3) is 0 Å². The molecule has 4 nitrogen and oxygen atoms in total. The molecule has 1 saturated carbocycles. The molecule has 1 aliphatic rings. The van der Waals surface area contributed by atoms with Crippen LogP contribution in [-0.4, -0.2) is 41.1 Å². The van der Waals surface area contributed by atoms with Crippen molar-refractivity contribution in [3.63, 3.8) is 0 Å². The summed E-state index contributed by atoms with van der Waals surface area (Å²) in [7, 11) is 0. The molecule has 0 saturated heterocycles. The summed E-state index contributed by atoms with van der Waals surface area (Å²) in [5.74, 6) is 2.23. The van der Waals surface area contributed by atoms with E-state index in [1.54, 1.807) is 4.90 Å². The number of carbonyl (C=O) groups excluding carboxylic acids is 1. The molecule has 0 spiro atoms. The molecule has 78 valence electrons. The van der Waals surface area contributed by atoms with Gasteiger partial charge in [-0.25, -0.2) is 0 Å². The minimum absolute atomic E-state index is 0.0228. The maximum absolute atomic E-state index is 11.7. The predicted octanol–water partition coefficient (Wildman–Crippen LogP) is -0.680. The SMILES string of the molecule is C#CCC(N)C(=O)N(CCO)C1CC1. The average molecular weight is 196 g/mol. The number of hydrogen-bond donors (Lipinski definition) is 2. The smallest absolute Gasteiger partial charge is 0.240 e. The van der Waals surface area contributed by atoms with Gasteiger partial charge in [-0.05, 0) is 12.8 Å². The molecule has 1 aliphatic carbocycles. The molecule has 0 aliphatic heterocycles. The number of rotatable bonds is 5. The lowest BCUT2D eigenvalue weighted by molar-refractivity contribution is -0.133. The summed E-state index contributed by atoms with van der Waals surface area (Å²) in [6, 6.07) is -0.342. The Kier molecular flexibility index (Phi) is 3.93. The van der Waals surface area contributed by atoms with Gasteiger partial charge in [0.1, 0.15) is 0 Å². The number of nitrogens with zero attached hydrogens (tertiary/aromatic N) is 1. The van der Waals surface area contributed by atoms with E-state index in [9.17, 15) is 4.79 Å². The Morgan fingerprint density at radius 1 is 1.71 bits per heavy atom. The van der Waals surface area contributed by atoms with Gasteiger partial charge in [0, 0.05) is 19.0 Å². The van der Waals surface area contributed by atoms with Crippen LogP contribution in [0.1, 0.15) is 19.3 Å². The molecular weight excluding hydrogens is 180 g/mol. The third-order valence-corrected chi connectivity index (χ3v) is 2.27. The minimum atomic E-state index is -0.618. The van der Waals surface area contributed by atoms with E-state index < -0.39 is 6.04 Å². The Hall–Kier alpha value is -1.05. The normalized spacial score (nSPS) is 17.2. The topological polar surface area (TPSA) is 66.6 Å². The molecule has 1 amide bonds. The van der Waals surface area contributed by atoms with Crippen LogP contribution < -0.4 is 5.73 Å². The maximum atomic E-state index is 11.7. The average Bonchev–Trinajstić information content (AvgIpc) is 2.97. The van der Waals surface area contributed by atoms with E-state index in [-0.39, 0.29) is 25.0 Å². The lowest BCUT2D eigenvalue weighted by Crippen LogP contribution is -2.45. The fraction of sp³-hybridized carbons (Fsp3) is 0.700. The monoisotopic (exact) mass is 196 g/mol. The van der Waals surface area contributed by atoms with Gasteiger partial charge in [-0.1, -0.05) is 0 Å². The van der Waals surface area contributed by atoms with Crippen LogP contribution in [0.15, 0.2) is 0 Å². The first-order valence-electron chi connectivity index (χ1n) is 4.81. The van der Waals surface area contributed by atoms with E-state index in [4.69, 9.17) is 17.3 Å². The number of hydrogen-bond acceptors (Lipinski definition) is 3. The number of nitrogens with two attached hydrogens (primary N) is 1. The van der Waals surface area contributed by atoms with Crippen LogP contribution in [0.4, 0.5) is 0 Å². The van der Waals surface area contributed by atoms with Crippen molar-refractivity contribution in [3.8, 4) is 12.3 Å². The van der Waals surface area contributed by atoms with Gasteiger partial charge in [0.2, 0.25) is 5.91 Å². The van der Waals surface area contributed by atoms with Crippen LogP contribution >= 0.6 is 0 Å². The molecular formula is C10H16N2O2. The maximum Gasteiger partial charge on any atom is 0.240 e. The Balaban J connectivity index is 2.49. The second-order valence-electron chi connectivity index (χ2n) is 3.50. The van der Waals surface area contributed by atoms with Gasteiger partial charge in [-0.2, -0.15) is 0 Å². The molecule has 1 rings (SSSR count). The highest BCUT2D eigenvalue weighted by Gasteiger charge is 2.33. The zero-order chi connectivity index (χ0) is 10.6. The van der Waals surface area contributed by atoms with Crippen LogP contribution in [0.2, 0.25) is 0 Å². The third kappa shape index (κ3) is 2.72. The first-order chi connectivity index (χ1) is 6.70. The summed E-state index contributed by atoms with van der Waals surface area (Å²) in [5.41, 5.74) is 5.61. The summed E-state index contributed by atoms with van der Waals surface area (Å²) < 4.78 is 0. The molecule has 1 atom stereocenters. The first kappa shape index (κ1) is 11.0. The largest absolute Gasteiger partial charge is 0.395 e. The summed E-state index contributed by atoms with van der Waals surface area (Å²) in [5, 5.41) is 8.80. The van der Waals surface area contributed by atoms with E-state index in [1.807, 2.05) is 0 Å². The number of aliphatic hydroxyl groups is 1. The quantitative estimate of drug-likeness (QED) is 0.573. The summed E-state index contributed by atoms with van der Waals surface area (Å²) >= 11 is 0. The second-order valence-corrected chi connectivity index (χ2v) is 3.50. The molecule has 14 heavy (non-hydrogen) atoms. The number of amides is 1. The van der Waals surface area contributed by atoms with Crippen LogP contribution in [-0.2, 0) is 4.79 Å². The number of terminal acetylenes is 1. The van der Waals surface area contributed by atoms with E-state index in [0.717, 1.165) is 12.8 Å². The van der Waals surface area contributed by atoms with Crippen LogP contribution in [0, 0.1) is 12.3 Å². The predicted molar refractivity (Wildman–Crippen MR) is 53.2 cm³/mol. The summed E-state index contributed by atoms with van der Waals surface area (Å²) in [6.45, 7) is 0.340. The zero-order valence-electron chi connectivity index (χ0n) is 8.15. The number of aliphatic hydroxyl groups excluding tert-OH is 1. The fourth-order valence-corrected chi connectivity index (χ4v) is 1.39. The van der Waals surface area contributed by atoms with Gasteiger partial charge in [0.15, 0.2) is 0 Å². The molecule has 0 radical (unpaired) electrons. The second kappa shape index (κ2) is 4.99. The Morgan fingerprint density at radius 3 is 2.79 bits per heavy atom. The van der Waals surface area contributed by atoms with Gasteiger partial charge in [0.05, 0.1) is 12.6 Å². The van der Waals surface area contributed by atoms with Gasteiger partial charge >= 0.3 is 0 Å². The Labute approximate surface area is 84.1 Å². The molecule has 0 aromatic heterocycles. The van der Waals surface area contributed by atoms with E-state index in [2.05, 4.69) is 5.92 Å². The van der Waals surface area contributed by atoms with Crippen LogP contribution in [0.3, 0.4) is 0 Å². The standard InChI is InChI=1S/C10H16N2O2/c1-2-3-9(11)10(14)12(6-7-13)8-4-5-8/h1,8-9,13H,3-7,11H2. The summed E-state index contributed by atoms with van der Waals surface area (Å²) in [6.07, 6.45) is 7.36. The minimum Gasteiger partial charge on any atom is -0.395 e. The van der Waals surface area contributed by atoms with Crippen molar-refractivity contribution in [2.45, 2.75) is 31.3 Å². The summed E-state index contributed by atoms with van der Waals surface area (Å²) in [4.78, 5) is 13.3. The molecule has 0 aromatic rings.